The smallest absolute Gasteiger partial charge is 0.328 e. The van der Waals surface area contributed by atoms with E-state index in [0.717, 1.165) is 5.23 Å². The minimum Gasteiger partial charge on any atom is -0.468 e. The highest BCUT2D eigenvalue weighted by Crippen LogP contribution is 2.14. The summed E-state index contributed by atoms with van der Waals surface area (Å²) in [4.78, 5) is 20.7. The van der Waals surface area contributed by atoms with Gasteiger partial charge in [0.25, 0.3) is 0 Å². The minimum absolute atomic E-state index is 0.329. The SMILES string of the molecule is COC(=O)C1CCON1OC. The quantitative estimate of drug-likeness (QED) is 0.521. The largest absolute Gasteiger partial charge is 0.468 e. The lowest BCUT2D eigenvalue weighted by molar-refractivity contribution is -0.340. The van der Waals surface area contributed by atoms with Crippen LogP contribution in [0.1, 0.15) is 6.42 Å². The molecule has 0 aliphatic carbocycles. The van der Waals surface area contributed by atoms with E-state index in [9.17, 15) is 4.79 Å². The van der Waals surface area contributed by atoms with Crippen molar-refractivity contribution in [3.8, 4) is 0 Å². The van der Waals surface area contributed by atoms with Gasteiger partial charge in [0.15, 0.2) is 6.04 Å². The monoisotopic (exact) mass is 161 g/mol. The average Bonchev–Trinajstić information content (AvgIpc) is 2.50. The van der Waals surface area contributed by atoms with Crippen molar-refractivity contribution in [1.29, 1.82) is 0 Å². The predicted octanol–water partition coefficient (Wildman–Crippen LogP) is -0.273. The van der Waals surface area contributed by atoms with Crippen LogP contribution in [0.15, 0.2) is 0 Å². The summed E-state index contributed by atoms with van der Waals surface area (Å²) in [6.45, 7) is 0.494. The Morgan fingerprint density at radius 3 is 2.91 bits per heavy atom. The van der Waals surface area contributed by atoms with E-state index in [4.69, 9.17) is 9.68 Å². The van der Waals surface area contributed by atoms with Gasteiger partial charge in [-0.1, -0.05) is 5.23 Å². The summed E-state index contributed by atoms with van der Waals surface area (Å²) >= 11 is 0. The van der Waals surface area contributed by atoms with Crippen LogP contribution < -0.4 is 0 Å². The van der Waals surface area contributed by atoms with Crippen LogP contribution in [0, 0.1) is 0 Å². The molecular formula is C6H11NO4. The first kappa shape index (κ1) is 8.45. The molecule has 0 radical (unpaired) electrons. The van der Waals surface area contributed by atoms with Crippen LogP contribution in [0.4, 0.5) is 0 Å². The first-order valence-electron chi connectivity index (χ1n) is 3.33. The van der Waals surface area contributed by atoms with E-state index in [1.165, 1.54) is 14.2 Å². The van der Waals surface area contributed by atoms with Gasteiger partial charge in [-0.2, -0.15) is 0 Å². The molecule has 11 heavy (non-hydrogen) atoms. The fourth-order valence-corrected chi connectivity index (χ4v) is 0.970. The second-order valence-corrected chi connectivity index (χ2v) is 2.13. The summed E-state index contributed by atoms with van der Waals surface area (Å²) < 4.78 is 4.53. The second-order valence-electron chi connectivity index (χ2n) is 2.13. The van der Waals surface area contributed by atoms with Crippen molar-refractivity contribution in [3.05, 3.63) is 0 Å². The van der Waals surface area contributed by atoms with E-state index in [2.05, 4.69) is 4.74 Å². The summed E-state index contributed by atoms with van der Waals surface area (Å²) in [6.07, 6.45) is 0.612. The maximum absolute atomic E-state index is 11.0. The summed E-state index contributed by atoms with van der Waals surface area (Å²) in [5.41, 5.74) is 0. The molecule has 1 rings (SSSR count). The van der Waals surface area contributed by atoms with Gasteiger partial charge in [-0.15, -0.1) is 0 Å². The van der Waals surface area contributed by atoms with Crippen molar-refractivity contribution < 1.29 is 19.2 Å². The molecule has 1 fully saturated rings. The van der Waals surface area contributed by atoms with Crippen molar-refractivity contribution in [2.75, 3.05) is 20.8 Å². The highest BCUT2D eigenvalue weighted by molar-refractivity contribution is 5.75. The Bertz CT molecular complexity index is 150. The summed E-state index contributed by atoms with van der Waals surface area (Å²) in [7, 11) is 2.79. The summed E-state index contributed by atoms with van der Waals surface area (Å²) in [6, 6.07) is -0.412. The minimum atomic E-state index is -0.412. The Morgan fingerprint density at radius 2 is 2.36 bits per heavy atom. The predicted molar refractivity (Wildman–Crippen MR) is 35.2 cm³/mol. The molecule has 1 saturated heterocycles. The number of carbonyl (C=O) groups excluding carboxylic acids is 1. The normalized spacial score (nSPS) is 25.5. The average molecular weight is 161 g/mol. The number of carbonyl (C=O) groups is 1. The highest BCUT2D eigenvalue weighted by atomic mass is 17.0. The Balaban J connectivity index is 2.49. The van der Waals surface area contributed by atoms with Gasteiger partial charge in [0.1, 0.15) is 0 Å². The summed E-state index contributed by atoms with van der Waals surface area (Å²) in [5, 5.41) is 1.16. The van der Waals surface area contributed by atoms with Crippen molar-refractivity contribution in [2.45, 2.75) is 12.5 Å². The molecule has 1 aliphatic rings. The molecular weight excluding hydrogens is 150 g/mol. The molecule has 1 atom stereocenters. The molecule has 0 aromatic rings. The van der Waals surface area contributed by atoms with E-state index < -0.39 is 6.04 Å². The van der Waals surface area contributed by atoms with Crippen molar-refractivity contribution in [3.63, 3.8) is 0 Å². The third kappa shape index (κ3) is 1.68. The molecule has 1 heterocycles. The zero-order chi connectivity index (χ0) is 8.27. The van der Waals surface area contributed by atoms with Crippen LogP contribution in [-0.2, 0) is 19.2 Å². The first-order chi connectivity index (χ1) is 5.29. The second kappa shape index (κ2) is 3.66. The lowest BCUT2D eigenvalue weighted by atomic mass is 10.2. The molecule has 0 amide bonds. The Morgan fingerprint density at radius 1 is 1.64 bits per heavy atom. The van der Waals surface area contributed by atoms with Gasteiger partial charge in [0.05, 0.1) is 20.8 Å². The maximum atomic E-state index is 11.0. The molecule has 0 aromatic heterocycles. The zero-order valence-corrected chi connectivity index (χ0v) is 6.57. The third-order valence-corrected chi connectivity index (χ3v) is 1.52. The van der Waals surface area contributed by atoms with Crippen molar-refractivity contribution in [1.82, 2.24) is 5.23 Å². The Hall–Kier alpha value is -0.650. The molecule has 5 heteroatoms. The van der Waals surface area contributed by atoms with Crippen LogP contribution in [-0.4, -0.2) is 38.1 Å². The van der Waals surface area contributed by atoms with Crippen LogP contribution >= 0.6 is 0 Å². The topological polar surface area (TPSA) is 48.0 Å². The number of nitrogens with zero attached hydrogens (tertiary/aromatic N) is 1. The third-order valence-electron chi connectivity index (χ3n) is 1.52. The Kier molecular flexibility index (Phi) is 2.81. The van der Waals surface area contributed by atoms with Gasteiger partial charge in [-0.05, 0) is 0 Å². The van der Waals surface area contributed by atoms with Crippen LogP contribution in [0.25, 0.3) is 0 Å². The molecule has 0 spiro atoms. The van der Waals surface area contributed by atoms with Crippen molar-refractivity contribution >= 4 is 5.97 Å². The molecule has 0 N–H and O–H groups in total. The lowest BCUT2D eigenvalue weighted by Crippen LogP contribution is -2.35. The van der Waals surface area contributed by atoms with E-state index in [0.29, 0.717) is 13.0 Å². The number of hydroxylamine groups is 2. The molecule has 1 unspecified atom stereocenters. The molecule has 5 nitrogen and oxygen atoms in total. The van der Waals surface area contributed by atoms with Crippen molar-refractivity contribution in [2.24, 2.45) is 0 Å². The zero-order valence-electron chi connectivity index (χ0n) is 6.57. The Labute approximate surface area is 64.7 Å². The molecule has 0 saturated carbocycles. The van der Waals surface area contributed by atoms with Gasteiger partial charge in [-0.25, -0.2) is 0 Å². The summed E-state index contributed by atoms with van der Waals surface area (Å²) in [5.74, 6) is -0.329. The van der Waals surface area contributed by atoms with E-state index in [-0.39, 0.29) is 5.97 Å². The molecule has 64 valence electrons. The number of methoxy groups -OCH3 is 1. The van der Waals surface area contributed by atoms with Gasteiger partial charge in [-0.3, -0.25) is 14.5 Å². The van der Waals surface area contributed by atoms with E-state index in [1.807, 2.05) is 0 Å². The maximum Gasteiger partial charge on any atom is 0.328 e. The van der Waals surface area contributed by atoms with Gasteiger partial charge < -0.3 is 4.74 Å². The van der Waals surface area contributed by atoms with Gasteiger partial charge in [0.2, 0.25) is 0 Å². The molecule has 0 aromatic carbocycles. The standard InChI is InChI=1S/C6H11NO4/c1-9-6(8)5-3-4-11-7(5)10-2/h5H,3-4H2,1-2H3. The lowest BCUT2D eigenvalue weighted by Gasteiger charge is -2.16. The van der Waals surface area contributed by atoms with Crippen LogP contribution in [0.5, 0.6) is 0 Å². The first-order valence-corrected chi connectivity index (χ1v) is 3.33. The number of esters is 1. The number of rotatable bonds is 2. The highest BCUT2D eigenvalue weighted by Gasteiger charge is 2.33. The number of ether oxygens (including phenoxy) is 1. The van der Waals surface area contributed by atoms with Crippen LogP contribution in [0.3, 0.4) is 0 Å². The van der Waals surface area contributed by atoms with Gasteiger partial charge in [0, 0.05) is 6.42 Å². The van der Waals surface area contributed by atoms with Gasteiger partial charge >= 0.3 is 5.97 Å². The fraction of sp³-hybridized carbons (Fsp3) is 0.833. The number of hydrogen-bond donors (Lipinski definition) is 0. The number of hydrogen-bond acceptors (Lipinski definition) is 5. The molecule has 0 bridgehead atoms. The molecule has 1 aliphatic heterocycles. The van der Waals surface area contributed by atoms with E-state index >= 15 is 0 Å². The fourth-order valence-electron chi connectivity index (χ4n) is 0.970. The van der Waals surface area contributed by atoms with E-state index in [1.54, 1.807) is 0 Å². The van der Waals surface area contributed by atoms with Crippen LogP contribution in [0.2, 0.25) is 0 Å².